The molecule has 4 heteroatoms. The molecule has 0 aliphatic carbocycles. The van der Waals surface area contributed by atoms with Crippen molar-refractivity contribution in [2.45, 2.75) is 18.9 Å². The third kappa shape index (κ3) is 1.96. The molecule has 1 N–H and O–H groups in total. The van der Waals surface area contributed by atoms with Crippen LogP contribution < -0.4 is 14.8 Å². The van der Waals surface area contributed by atoms with E-state index < -0.39 is 0 Å². The number of ether oxygens (including phenoxy) is 2. The van der Waals surface area contributed by atoms with E-state index in [4.69, 9.17) is 9.47 Å². The molecule has 0 bridgehead atoms. The maximum absolute atomic E-state index is 11.2. The Labute approximate surface area is 94.6 Å². The highest BCUT2D eigenvalue weighted by Crippen LogP contribution is 2.33. The molecule has 2 rings (SSSR count). The fraction of sp³-hybridized carbons (Fsp3) is 0.417. The number of amides is 1. The first-order valence-corrected chi connectivity index (χ1v) is 5.26. The lowest BCUT2D eigenvalue weighted by Crippen LogP contribution is -2.18. The van der Waals surface area contributed by atoms with Gasteiger partial charge in [0.1, 0.15) is 11.5 Å². The van der Waals surface area contributed by atoms with Crippen molar-refractivity contribution in [3.05, 3.63) is 23.8 Å². The van der Waals surface area contributed by atoms with E-state index in [1.165, 1.54) is 0 Å². The van der Waals surface area contributed by atoms with Crippen molar-refractivity contribution >= 4 is 5.91 Å². The second-order valence-corrected chi connectivity index (χ2v) is 3.77. The predicted molar refractivity (Wildman–Crippen MR) is 59.7 cm³/mol. The number of hydrogen-bond acceptors (Lipinski definition) is 3. The standard InChI is InChI=1S/C12H15NO3/c1-15-8-3-4-9(11(7-8)16-2)10-5-6-12(14)13-10/h3-4,7,10H,5-6H2,1-2H3,(H,13,14). The minimum atomic E-state index is 0.0633. The highest BCUT2D eigenvalue weighted by Gasteiger charge is 2.24. The van der Waals surface area contributed by atoms with Crippen LogP contribution >= 0.6 is 0 Å². The summed E-state index contributed by atoms with van der Waals surface area (Å²) < 4.78 is 10.4. The molecule has 86 valence electrons. The minimum absolute atomic E-state index is 0.0633. The molecule has 1 aromatic carbocycles. The Morgan fingerprint density at radius 2 is 2.12 bits per heavy atom. The Bertz CT molecular complexity index is 403. The van der Waals surface area contributed by atoms with Crippen LogP contribution in [0.25, 0.3) is 0 Å². The largest absolute Gasteiger partial charge is 0.497 e. The van der Waals surface area contributed by atoms with Crippen LogP contribution in [-0.2, 0) is 4.79 Å². The predicted octanol–water partition coefficient (Wildman–Crippen LogP) is 1.65. The lowest BCUT2D eigenvalue weighted by atomic mass is 10.0. The molecule has 1 aliphatic heterocycles. The number of hydrogen-bond donors (Lipinski definition) is 1. The summed E-state index contributed by atoms with van der Waals surface area (Å²) in [6.45, 7) is 0. The van der Waals surface area contributed by atoms with Gasteiger partial charge in [0.2, 0.25) is 5.91 Å². The van der Waals surface area contributed by atoms with Crippen molar-refractivity contribution in [3.8, 4) is 11.5 Å². The molecule has 1 fully saturated rings. The molecule has 1 aromatic rings. The van der Waals surface area contributed by atoms with Gasteiger partial charge >= 0.3 is 0 Å². The van der Waals surface area contributed by atoms with E-state index in [9.17, 15) is 4.79 Å². The van der Waals surface area contributed by atoms with Crippen molar-refractivity contribution in [3.63, 3.8) is 0 Å². The Morgan fingerprint density at radius 1 is 1.31 bits per heavy atom. The lowest BCUT2D eigenvalue weighted by molar-refractivity contribution is -0.119. The Morgan fingerprint density at radius 3 is 2.69 bits per heavy atom. The third-order valence-electron chi connectivity index (χ3n) is 2.81. The average molecular weight is 221 g/mol. The van der Waals surface area contributed by atoms with Gasteiger partial charge in [-0.3, -0.25) is 4.79 Å². The maximum atomic E-state index is 11.2. The van der Waals surface area contributed by atoms with E-state index >= 15 is 0 Å². The first-order valence-electron chi connectivity index (χ1n) is 5.26. The summed E-state index contributed by atoms with van der Waals surface area (Å²) in [7, 11) is 3.24. The van der Waals surface area contributed by atoms with E-state index in [0.29, 0.717) is 6.42 Å². The first kappa shape index (κ1) is 10.8. The fourth-order valence-corrected chi connectivity index (χ4v) is 1.95. The fourth-order valence-electron chi connectivity index (χ4n) is 1.95. The van der Waals surface area contributed by atoms with Gasteiger partial charge in [-0.15, -0.1) is 0 Å². The molecule has 0 spiro atoms. The van der Waals surface area contributed by atoms with Crippen molar-refractivity contribution in [2.24, 2.45) is 0 Å². The highest BCUT2D eigenvalue weighted by atomic mass is 16.5. The van der Waals surface area contributed by atoms with E-state index in [0.717, 1.165) is 23.5 Å². The molecule has 1 atom stereocenters. The molecular formula is C12H15NO3. The average Bonchev–Trinajstić information content (AvgIpc) is 2.74. The van der Waals surface area contributed by atoms with Crippen LogP contribution in [-0.4, -0.2) is 20.1 Å². The second-order valence-electron chi connectivity index (χ2n) is 3.77. The van der Waals surface area contributed by atoms with Crippen molar-refractivity contribution in [1.82, 2.24) is 5.32 Å². The molecule has 4 nitrogen and oxygen atoms in total. The smallest absolute Gasteiger partial charge is 0.220 e. The van der Waals surface area contributed by atoms with Crippen molar-refractivity contribution in [2.75, 3.05) is 14.2 Å². The zero-order valence-electron chi connectivity index (χ0n) is 9.45. The van der Waals surface area contributed by atoms with Gasteiger partial charge in [0.25, 0.3) is 0 Å². The summed E-state index contributed by atoms with van der Waals surface area (Å²) in [4.78, 5) is 11.2. The molecule has 1 unspecified atom stereocenters. The number of carbonyl (C=O) groups excluding carboxylic acids is 1. The monoisotopic (exact) mass is 221 g/mol. The van der Waals surface area contributed by atoms with E-state index in [2.05, 4.69) is 5.32 Å². The Balaban J connectivity index is 2.29. The summed E-state index contributed by atoms with van der Waals surface area (Å²) in [5.41, 5.74) is 1.01. The molecule has 0 radical (unpaired) electrons. The van der Waals surface area contributed by atoms with Gasteiger partial charge in [-0.05, 0) is 18.6 Å². The molecule has 0 saturated carbocycles. The summed E-state index contributed by atoms with van der Waals surface area (Å²) in [5.74, 6) is 1.61. The number of carbonyl (C=O) groups is 1. The van der Waals surface area contributed by atoms with Crippen LogP contribution in [0.2, 0.25) is 0 Å². The highest BCUT2D eigenvalue weighted by molar-refractivity contribution is 5.79. The normalized spacial score (nSPS) is 19.4. The van der Waals surface area contributed by atoms with Crippen LogP contribution in [0.5, 0.6) is 11.5 Å². The first-order chi connectivity index (χ1) is 7.74. The summed E-state index contributed by atoms with van der Waals surface area (Å²) in [6, 6.07) is 5.71. The molecule has 1 aliphatic rings. The second kappa shape index (κ2) is 4.43. The van der Waals surface area contributed by atoms with E-state index in [1.807, 2.05) is 18.2 Å². The van der Waals surface area contributed by atoms with Gasteiger partial charge in [-0.2, -0.15) is 0 Å². The van der Waals surface area contributed by atoms with Crippen molar-refractivity contribution < 1.29 is 14.3 Å². The Hall–Kier alpha value is -1.71. The topological polar surface area (TPSA) is 47.6 Å². The minimum Gasteiger partial charge on any atom is -0.497 e. The summed E-state index contributed by atoms with van der Waals surface area (Å²) >= 11 is 0. The summed E-state index contributed by atoms with van der Waals surface area (Å²) in [5, 5.41) is 2.92. The Kier molecular flexibility index (Phi) is 2.99. The maximum Gasteiger partial charge on any atom is 0.220 e. The van der Waals surface area contributed by atoms with Crippen LogP contribution in [0, 0.1) is 0 Å². The number of methoxy groups -OCH3 is 2. The SMILES string of the molecule is COc1ccc(C2CCC(=O)N2)c(OC)c1. The number of benzene rings is 1. The lowest BCUT2D eigenvalue weighted by Gasteiger charge is -2.15. The zero-order valence-corrected chi connectivity index (χ0v) is 9.45. The number of nitrogens with one attached hydrogen (secondary N) is 1. The molecule has 16 heavy (non-hydrogen) atoms. The quantitative estimate of drug-likeness (QED) is 0.844. The summed E-state index contributed by atoms with van der Waals surface area (Å²) in [6.07, 6.45) is 1.40. The van der Waals surface area contributed by atoms with E-state index in [-0.39, 0.29) is 11.9 Å². The van der Waals surface area contributed by atoms with Crippen LogP contribution in [0.15, 0.2) is 18.2 Å². The molecule has 0 aromatic heterocycles. The van der Waals surface area contributed by atoms with Crippen molar-refractivity contribution in [1.29, 1.82) is 0 Å². The number of rotatable bonds is 3. The van der Waals surface area contributed by atoms with E-state index in [1.54, 1.807) is 14.2 Å². The van der Waals surface area contributed by atoms with Crippen LogP contribution in [0.3, 0.4) is 0 Å². The molecule has 1 saturated heterocycles. The van der Waals surface area contributed by atoms with Gasteiger partial charge < -0.3 is 14.8 Å². The molecule has 1 heterocycles. The van der Waals surface area contributed by atoms with Gasteiger partial charge in [-0.1, -0.05) is 0 Å². The van der Waals surface area contributed by atoms with Gasteiger partial charge in [0.05, 0.1) is 20.3 Å². The van der Waals surface area contributed by atoms with Gasteiger partial charge in [-0.25, -0.2) is 0 Å². The van der Waals surface area contributed by atoms with Crippen LogP contribution in [0.4, 0.5) is 0 Å². The van der Waals surface area contributed by atoms with Gasteiger partial charge in [0, 0.05) is 18.1 Å². The zero-order chi connectivity index (χ0) is 11.5. The van der Waals surface area contributed by atoms with Gasteiger partial charge in [0.15, 0.2) is 0 Å². The molecule has 1 amide bonds. The molecular weight excluding hydrogens is 206 g/mol. The third-order valence-corrected chi connectivity index (χ3v) is 2.81. The van der Waals surface area contributed by atoms with Crippen LogP contribution in [0.1, 0.15) is 24.4 Å².